The summed E-state index contributed by atoms with van der Waals surface area (Å²) < 4.78 is 2.07. The predicted molar refractivity (Wildman–Crippen MR) is 121 cm³/mol. The highest BCUT2D eigenvalue weighted by Gasteiger charge is 2.50. The van der Waals surface area contributed by atoms with Crippen molar-refractivity contribution in [3.63, 3.8) is 0 Å². The zero-order valence-corrected chi connectivity index (χ0v) is 18.1. The summed E-state index contributed by atoms with van der Waals surface area (Å²) in [6.07, 6.45) is 3.67. The molecule has 4 heteroatoms. The van der Waals surface area contributed by atoms with Crippen molar-refractivity contribution in [3.05, 3.63) is 83.1 Å². The van der Waals surface area contributed by atoms with E-state index in [-0.39, 0.29) is 23.2 Å². The van der Waals surface area contributed by atoms with Crippen LogP contribution in [0.2, 0.25) is 0 Å². The largest absolute Gasteiger partial charge is 0.293 e. The number of benzene rings is 2. The molecule has 1 aromatic heterocycles. The Morgan fingerprint density at radius 1 is 1.13 bits per heavy atom. The minimum absolute atomic E-state index is 0.0324. The van der Waals surface area contributed by atoms with E-state index < -0.39 is 5.41 Å². The third-order valence-corrected chi connectivity index (χ3v) is 7.21. The van der Waals surface area contributed by atoms with Crippen LogP contribution in [0.25, 0.3) is 16.9 Å². The van der Waals surface area contributed by atoms with E-state index in [4.69, 9.17) is 5.10 Å². The van der Waals surface area contributed by atoms with Crippen LogP contribution < -0.4 is 0 Å². The molecule has 0 aliphatic heterocycles. The van der Waals surface area contributed by atoms with Gasteiger partial charge in [0.05, 0.1) is 22.6 Å². The molecule has 0 fully saturated rings. The fourth-order valence-corrected chi connectivity index (χ4v) is 5.59. The van der Waals surface area contributed by atoms with Crippen LogP contribution >= 0.6 is 0 Å². The van der Waals surface area contributed by atoms with Crippen molar-refractivity contribution < 1.29 is 4.79 Å². The second-order valence-electron chi connectivity index (χ2n) is 8.99. The molecule has 154 valence electrons. The molecule has 0 saturated carbocycles. The molecule has 3 atom stereocenters. The Kier molecular flexibility index (Phi) is 4.44. The second kappa shape index (κ2) is 7.06. The number of carbonyl (C=O) groups excluding carboxylic acids is 1. The van der Waals surface area contributed by atoms with Crippen LogP contribution in [0.5, 0.6) is 0 Å². The molecule has 0 amide bonds. The van der Waals surface area contributed by atoms with Gasteiger partial charge in [0, 0.05) is 22.5 Å². The van der Waals surface area contributed by atoms with Crippen LogP contribution in [0, 0.1) is 30.1 Å². The van der Waals surface area contributed by atoms with Gasteiger partial charge in [-0.3, -0.25) is 4.79 Å². The van der Waals surface area contributed by atoms with Crippen LogP contribution in [0.4, 0.5) is 0 Å². The highest BCUT2D eigenvalue weighted by Crippen LogP contribution is 2.51. The first-order valence-corrected chi connectivity index (χ1v) is 10.9. The molecule has 2 aliphatic rings. The van der Waals surface area contributed by atoms with Crippen LogP contribution in [-0.4, -0.2) is 15.6 Å². The molecule has 2 aromatic carbocycles. The molecule has 5 rings (SSSR count). The van der Waals surface area contributed by atoms with Gasteiger partial charge < -0.3 is 0 Å². The van der Waals surface area contributed by atoms with Crippen LogP contribution in [0.3, 0.4) is 0 Å². The number of nitrogens with zero attached hydrogens (tertiary/aromatic N) is 3. The van der Waals surface area contributed by atoms with E-state index in [1.807, 2.05) is 31.2 Å². The number of hydrogen-bond acceptors (Lipinski definition) is 3. The molecule has 4 nitrogen and oxygen atoms in total. The van der Waals surface area contributed by atoms with Crippen molar-refractivity contribution in [2.24, 2.45) is 11.8 Å². The zero-order valence-electron chi connectivity index (χ0n) is 18.1. The molecule has 0 bridgehead atoms. The fourth-order valence-electron chi connectivity index (χ4n) is 5.59. The minimum Gasteiger partial charge on any atom is -0.293 e. The lowest BCUT2D eigenvalue weighted by molar-refractivity contribution is -0.121. The molecule has 0 spiro atoms. The number of aromatic nitrogens is 2. The lowest BCUT2D eigenvalue weighted by atomic mass is 9.58. The summed E-state index contributed by atoms with van der Waals surface area (Å²) in [5.41, 5.74) is 6.50. The van der Waals surface area contributed by atoms with Gasteiger partial charge in [0.1, 0.15) is 6.07 Å². The number of rotatable bonds is 2. The van der Waals surface area contributed by atoms with Gasteiger partial charge >= 0.3 is 0 Å². The van der Waals surface area contributed by atoms with Crippen molar-refractivity contribution in [1.82, 2.24) is 9.78 Å². The number of allylic oxidation sites excluding steroid dienone is 2. The molecule has 2 aliphatic carbocycles. The minimum atomic E-state index is -0.441. The van der Waals surface area contributed by atoms with Crippen LogP contribution in [0.1, 0.15) is 37.1 Å². The van der Waals surface area contributed by atoms with Crippen molar-refractivity contribution in [2.45, 2.75) is 39.0 Å². The molecular formula is C27H25N3O. The summed E-state index contributed by atoms with van der Waals surface area (Å²) in [6, 6.07) is 20.8. The fraction of sp³-hybridized carbons (Fsp3) is 0.296. The smallest absolute Gasteiger partial charge is 0.176 e. The van der Waals surface area contributed by atoms with Gasteiger partial charge in [-0.25, -0.2) is 4.68 Å². The Hall–Kier alpha value is -3.45. The third-order valence-electron chi connectivity index (χ3n) is 7.21. The Labute approximate surface area is 182 Å². The van der Waals surface area contributed by atoms with Crippen molar-refractivity contribution in [1.29, 1.82) is 5.26 Å². The molecule has 0 radical (unpaired) electrons. The van der Waals surface area contributed by atoms with E-state index >= 15 is 0 Å². The van der Waals surface area contributed by atoms with Gasteiger partial charge in [0.15, 0.2) is 5.78 Å². The van der Waals surface area contributed by atoms with E-state index in [2.05, 4.69) is 61.0 Å². The summed E-state index contributed by atoms with van der Waals surface area (Å²) in [5, 5.41) is 14.8. The SMILES string of the molecule is Cc1ccccc1-n1nc2c(c1-c1ccccc1)CC[C@@H]1[C@@H](C)C(=O)C(C#N)=C[C@@]21C. The Balaban J connectivity index is 1.82. The van der Waals surface area contributed by atoms with Crippen LogP contribution in [-0.2, 0) is 16.6 Å². The maximum Gasteiger partial charge on any atom is 0.176 e. The summed E-state index contributed by atoms with van der Waals surface area (Å²) in [4.78, 5) is 12.7. The monoisotopic (exact) mass is 407 g/mol. The quantitative estimate of drug-likeness (QED) is 0.576. The lowest BCUT2D eigenvalue weighted by Gasteiger charge is -2.44. The van der Waals surface area contributed by atoms with E-state index in [1.54, 1.807) is 0 Å². The normalized spacial score (nSPS) is 24.7. The number of para-hydroxylation sites is 1. The van der Waals surface area contributed by atoms with Crippen molar-refractivity contribution in [3.8, 4) is 23.0 Å². The third kappa shape index (κ3) is 2.80. The molecule has 0 N–H and O–H groups in total. The molecule has 1 heterocycles. The maximum atomic E-state index is 12.7. The Morgan fingerprint density at radius 3 is 2.55 bits per heavy atom. The zero-order chi connectivity index (χ0) is 21.8. The highest BCUT2D eigenvalue weighted by molar-refractivity contribution is 6.02. The molecular weight excluding hydrogens is 382 g/mol. The molecule has 31 heavy (non-hydrogen) atoms. The lowest BCUT2D eigenvalue weighted by Crippen LogP contribution is -2.45. The van der Waals surface area contributed by atoms with Crippen LogP contribution in [0.15, 0.2) is 66.2 Å². The van der Waals surface area contributed by atoms with Gasteiger partial charge in [-0.05, 0) is 37.3 Å². The van der Waals surface area contributed by atoms with Gasteiger partial charge in [-0.2, -0.15) is 10.4 Å². The highest BCUT2D eigenvalue weighted by atomic mass is 16.1. The van der Waals surface area contributed by atoms with Crippen molar-refractivity contribution in [2.75, 3.05) is 0 Å². The summed E-state index contributed by atoms with van der Waals surface area (Å²) in [6.45, 7) is 6.22. The molecule has 0 unspecified atom stereocenters. The van der Waals surface area contributed by atoms with Crippen molar-refractivity contribution >= 4 is 5.78 Å². The topological polar surface area (TPSA) is 58.7 Å². The predicted octanol–water partition coefficient (Wildman–Crippen LogP) is 5.34. The maximum absolute atomic E-state index is 12.7. The van der Waals surface area contributed by atoms with E-state index in [9.17, 15) is 10.1 Å². The number of carbonyl (C=O) groups is 1. The standard InChI is InChI=1S/C27H25N3O/c1-17-9-7-8-12-23(17)30-24(19-10-5-4-6-11-19)21-13-14-22-18(2)25(31)20(16-28)15-27(22,3)26(21)29-30/h4-12,15,18,22H,13-14H2,1-3H3/t18-,22-,27-/m1/s1. The average molecular weight is 408 g/mol. The van der Waals surface area contributed by atoms with Gasteiger partial charge in [0.2, 0.25) is 0 Å². The van der Waals surface area contributed by atoms with E-state index in [0.717, 1.165) is 41.0 Å². The average Bonchev–Trinajstić information content (AvgIpc) is 3.18. The summed E-state index contributed by atoms with van der Waals surface area (Å²) >= 11 is 0. The number of ketones is 1. The van der Waals surface area contributed by atoms with Gasteiger partial charge in [0.25, 0.3) is 0 Å². The van der Waals surface area contributed by atoms with E-state index in [0.29, 0.717) is 0 Å². The number of nitriles is 1. The number of Topliss-reactive ketones (excluding diaryl/α,β-unsaturated/α-hetero) is 1. The summed E-state index contributed by atoms with van der Waals surface area (Å²) in [5.74, 6) is -0.0647. The number of hydrogen-bond donors (Lipinski definition) is 0. The molecule has 3 aromatic rings. The molecule has 0 saturated heterocycles. The first-order chi connectivity index (χ1) is 15.0. The van der Waals surface area contributed by atoms with Gasteiger partial charge in [-0.15, -0.1) is 0 Å². The summed E-state index contributed by atoms with van der Waals surface area (Å²) in [7, 11) is 0. The number of aryl methyl sites for hydroxylation is 1. The number of fused-ring (bicyclic) bond motifs is 3. The second-order valence-corrected chi connectivity index (χ2v) is 8.99. The van der Waals surface area contributed by atoms with Gasteiger partial charge in [-0.1, -0.05) is 68.5 Å². The first kappa shape index (κ1) is 19.5. The Bertz CT molecular complexity index is 1260. The first-order valence-electron chi connectivity index (χ1n) is 10.9. The van der Waals surface area contributed by atoms with E-state index in [1.165, 1.54) is 5.56 Å². The Morgan fingerprint density at radius 2 is 1.84 bits per heavy atom.